The van der Waals surface area contributed by atoms with E-state index in [1.807, 2.05) is 0 Å². The molecule has 1 saturated heterocycles. The monoisotopic (exact) mass is 529 g/mol. The standard InChI is InChI=1S/C11H16ClFN3O12P3/c12-5-11(2-4-29(19,20)27-31(24,25)28-30(21,22)23)8(17)7(13)9(26-11)16-3-1-6(14)15-10(16)18/h1-4,7-9,17H,5H2,(H,19,20)(H,24,25)(H2,14,15,18)(H2,21,22,23)/t7-,8+,9-,11+/m1/s1. The molecule has 1 aliphatic heterocycles. The van der Waals surface area contributed by atoms with Gasteiger partial charge in [0.15, 0.2) is 12.4 Å². The third-order valence-electron chi connectivity index (χ3n) is 3.72. The molecule has 7 N–H and O–H groups in total. The van der Waals surface area contributed by atoms with E-state index in [0.29, 0.717) is 10.6 Å². The summed E-state index contributed by atoms with van der Waals surface area (Å²) in [6, 6.07) is 1.13. The van der Waals surface area contributed by atoms with Crippen molar-refractivity contribution in [1.82, 2.24) is 9.55 Å². The highest BCUT2D eigenvalue weighted by molar-refractivity contribution is 7.69. The van der Waals surface area contributed by atoms with Gasteiger partial charge in [-0.2, -0.15) is 9.29 Å². The summed E-state index contributed by atoms with van der Waals surface area (Å²) in [6.07, 6.45) is -4.65. The molecule has 15 nitrogen and oxygen atoms in total. The smallest absolute Gasteiger partial charge is 0.386 e. The molecule has 6 atom stereocenters. The fourth-order valence-electron chi connectivity index (χ4n) is 2.45. The van der Waals surface area contributed by atoms with E-state index in [-0.39, 0.29) is 11.6 Å². The first kappa shape index (κ1) is 26.3. The first-order valence-electron chi connectivity index (χ1n) is 7.75. The van der Waals surface area contributed by atoms with E-state index in [4.69, 9.17) is 36.8 Å². The maximum Gasteiger partial charge on any atom is 0.488 e. The Kier molecular flexibility index (Phi) is 7.71. The van der Waals surface area contributed by atoms with Crippen LogP contribution in [0.1, 0.15) is 6.23 Å². The van der Waals surface area contributed by atoms with E-state index in [9.17, 15) is 32.9 Å². The number of halogens is 2. The molecule has 2 heterocycles. The number of phosphoric acid groups is 2. The molecule has 2 unspecified atom stereocenters. The van der Waals surface area contributed by atoms with Crippen molar-refractivity contribution < 1.29 is 56.1 Å². The van der Waals surface area contributed by atoms with Crippen LogP contribution in [0.5, 0.6) is 0 Å². The Bertz CT molecular complexity index is 1060. The summed E-state index contributed by atoms with van der Waals surface area (Å²) in [7, 11) is -16.6. The summed E-state index contributed by atoms with van der Waals surface area (Å²) < 4.78 is 61.9. The third kappa shape index (κ3) is 6.51. The summed E-state index contributed by atoms with van der Waals surface area (Å²) in [4.78, 5) is 51.1. The number of ether oxygens (including phenoxy) is 1. The average molecular weight is 530 g/mol. The molecule has 1 fully saturated rings. The molecular weight excluding hydrogens is 514 g/mol. The highest BCUT2D eigenvalue weighted by Crippen LogP contribution is 2.66. The summed E-state index contributed by atoms with van der Waals surface area (Å²) in [5.41, 5.74) is 2.06. The van der Waals surface area contributed by atoms with Crippen LogP contribution in [0, 0.1) is 0 Å². The Hall–Kier alpha value is -0.990. The van der Waals surface area contributed by atoms with Crippen LogP contribution in [-0.2, 0) is 27.1 Å². The molecule has 2 rings (SSSR count). The molecule has 31 heavy (non-hydrogen) atoms. The lowest BCUT2D eigenvalue weighted by Gasteiger charge is -2.26. The van der Waals surface area contributed by atoms with Crippen molar-refractivity contribution in [1.29, 1.82) is 0 Å². The molecule has 1 aliphatic rings. The third-order valence-corrected chi connectivity index (χ3v) is 8.11. The van der Waals surface area contributed by atoms with Gasteiger partial charge >= 0.3 is 28.9 Å². The number of rotatable bonds is 8. The van der Waals surface area contributed by atoms with E-state index < -0.39 is 58.9 Å². The minimum Gasteiger partial charge on any atom is -0.386 e. The predicted molar refractivity (Wildman–Crippen MR) is 100 cm³/mol. The summed E-state index contributed by atoms with van der Waals surface area (Å²) in [5.74, 6) is -0.763. The van der Waals surface area contributed by atoms with Crippen LogP contribution in [-0.4, -0.2) is 58.0 Å². The van der Waals surface area contributed by atoms with Crippen molar-refractivity contribution >= 4 is 40.7 Å². The molecule has 20 heteroatoms. The second-order valence-electron chi connectivity index (χ2n) is 6.03. The number of nitrogens with zero attached hydrogens (tertiary/aromatic N) is 2. The van der Waals surface area contributed by atoms with Gasteiger partial charge in [0.1, 0.15) is 17.5 Å². The zero-order valence-electron chi connectivity index (χ0n) is 14.9. The largest absolute Gasteiger partial charge is 0.488 e. The molecule has 1 aromatic heterocycles. The molecule has 0 aliphatic carbocycles. The van der Waals surface area contributed by atoms with Crippen molar-refractivity contribution in [2.24, 2.45) is 0 Å². The zero-order chi connectivity index (χ0) is 23.8. The lowest BCUT2D eigenvalue weighted by molar-refractivity contribution is -0.0608. The van der Waals surface area contributed by atoms with E-state index in [0.717, 1.165) is 12.3 Å². The summed E-state index contributed by atoms with van der Waals surface area (Å²) in [5, 5.41) is 10.2. The van der Waals surface area contributed by atoms with Crippen LogP contribution in [0.3, 0.4) is 0 Å². The number of hydrogen-bond acceptors (Lipinski definition) is 10. The number of aliphatic hydroxyl groups is 1. The van der Waals surface area contributed by atoms with Crippen LogP contribution in [0.25, 0.3) is 0 Å². The SMILES string of the molecule is Nc1ccn([C@@H]2O[C@@](C=CP(=O)(O)OP(=O)(O)OP(=O)(O)O)(CCl)[C@@H](O)[C@H]2F)c(=O)n1. The van der Waals surface area contributed by atoms with Crippen LogP contribution < -0.4 is 11.4 Å². The highest BCUT2D eigenvalue weighted by atomic mass is 35.5. The fourth-order valence-corrected chi connectivity index (χ4v) is 6.07. The lowest BCUT2D eigenvalue weighted by atomic mass is 9.98. The zero-order valence-corrected chi connectivity index (χ0v) is 18.4. The van der Waals surface area contributed by atoms with Crippen LogP contribution in [0.15, 0.2) is 29.0 Å². The molecule has 0 radical (unpaired) electrons. The molecule has 1 aromatic rings. The first-order chi connectivity index (χ1) is 14.0. The number of aliphatic hydroxyl groups excluding tert-OH is 1. The maximum atomic E-state index is 14.7. The van der Waals surface area contributed by atoms with Gasteiger partial charge in [-0.1, -0.05) is 0 Å². The van der Waals surface area contributed by atoms with Gasteiger partial charge in [-0.15, -0.1) is 11.6 Å². The van der Waals surface area contributed by atoms with Gasteiger partial charge in [0.05, 0.1) is 5.88 Å². The summed E-state index contributed by atoms with van der Waals surface area (Å²) >= 11 is 5.72. The first-order valence-corrected chi connectivity index (χ1v) is 13.0. The van der Waals surface area contributed by atoms with Crippen molar-refractivity contribution in [3.8, 4) is 0 Å². The van der Waals surface area contributed by atoms with Gasteiger partial charge in [-0.05, 0) is 12.1 Å². The van der Waals surface area contributed by atoms with Crippen LogP contribution in [0.4, 0.5) is 10.2 Å². The molecule has 0 saturated carbocycles. The van der Waals surface area contributed by atoms with Crippen molar-refractivity contribution in [3.63, 3.8) is 0 Å². The Morgan fingerprint density at radius 1 is 1.32 bits per heavy atom. The lowest BCUT2D eigenvalue weighted by Crippen LogP contribution is -2.42. The summed E-state index contributed by atoms with van der Waals surface area (Å²) in [6.45, 7) is 0. The molecular formula is C11H16ClFN3O12P3. The minimum atomic E-state index is -5.73. The number of nitrogen functional groups attached to an aromatic ring is 1. The normalized spacial score (nSPS) is 30.9. The Morgan fingerprint density at radius 2 is 1.94 bits per heavy atom. The number of hydrogen-bond donors (Lipinski definition) is 6. The van der Waals surface area contributed by atoms with Gasteiger partial charge in [-0.25, -0.2) is 22.6 Å². The average Bonchev–Trinajstić information content (AvgIpc) is 2.82. The number of nitrogens with two attached hydrogens (primary N) is 1. The molecule has 0 aromatic carbocycles. The molecule has 0 bridgehead atoms. The minimum absolute atomic E-state index is 0.156. The van der Waals surface area contributed by atoms with E-state index in [2.05, 4.69) is 13.6 Å². The van der Waals surface area contributed by atoms with Gasteiger partial charge in [0, 0.05) is 12.0 Å². The van der Waals surface area contributed by atoms with Gasteiger partial charge < -0.3 is 35.2 Å². The van der Waals surface area contributed by atoms with Gasteiger partial charge in [0.25, 0.3) is 0 Å². The molecule has 0 spiro atoms. The van der Waals surface area contributed by atoms with Crippen molar-refractivity contribution in [3.05, 3.63) is 34.6 Å². The second kappa shape index (κ2) is 9.10. The van der Waals surface area contributed by atoms with Crippen LogP contribution >= 0.6 is 34.8 Å². The quantitative estimate of drug-likeness (QED) is 0.191. The van der Waals surface area contributed by atoms with Gasteiger partial charge in [-0.3, -0.25) is 9.13 Å². The number of aromatic nitrogens is 2. The second-order valence-corrected chi connectivity index (χ2v) is 10.9. The Labute approximate surface area is 177 Å². The van der Waals surface area contributed by atoms with Crippen LogP contribution in [0.2, 0.25) is 0 Å². The van der Waals surface area contributed by atoms with E-state index in [1.165, 1.54) is 0 Å². The number of anilines is 1. The Balaban J connectivity index is 2.31. The number of alkyl halides is 2. The fraction of sp³-hybridized carbons (Fsp3) is 0.455. The predicted octanol–water partition coefficient (Wildman–Crippen LogP) is -0.0437. The molecule has 0 amide bonds. The van der Waals surface area contributed by atoms with Crippen molar-refractivity contribution in [2.75, 3.05) is 11.6 Å². The van der Waals surface area contributed by atoms with Gasteiger partial charge in [0.2, 0.25) is 0 Å². The topological polar surface area (TPSA) is 241 Å². The maximum absolute atomic E-state index is 14.7. The van der Waals surface area contributed by atoms with E-state index in [1.54, 1.807) is 0 Å². The van der Waals surface area contributed by atoms with Crippen molar-refractivity contribution in [2.45, 2.75) is 24.1 Å². The Morgan fingerprint density at radius 3 is 2.45 bits per heavy atom. The highest BCUT2D eigenvalue weighted by Gasteiger charge is 2.55. The molecule has 176 valence electrons. The van der Waals surface area contributed by atoms with E-state index >= 15 is 0 Å².